The third-order valence-electron chi connectivity index (χ3n) is 6.08. The Morgan fingerprint density at radius 1 is 1.03 bits per heavy atom. The molecule has 0 aromatic heterocycles. The van der Waals surface area contributed by atoms with Crippen LogP contribution in [0.3, 0.4) is 0 Å². The van der Waals surface area contributed by atoms with Gasteiger partial charge in [0.25, 0.3) is 0 Å². The number of carbonyl (C=O) groups excluding carboxylic acids is 1. The lowest BCUT2D eigenvalue weighted by atomic mass is 9.95. The van der Waals surface area contributed by atoms with Crippen molar-refractivity contribution in [3.8, 4) is 17.2 Å². The van der Waals surface area contributed by atoms with Crippen molar-refractivity contribution in [2.45, 2.75) is 30.4 Å². The third kappa shape index (κ3) is 4.20. The minimum absolute atomic E-state index is 0.112. The molecule has 1 amide bonds. The molecule has 2 aliphatic heterocycles. The van der Waals surface area contributed by atoms with Crippen LogP contribution in [-0.4, -0.2) is 38.6 Å². The van der Waals surface area contributed by atoms with E-state index < -0.39 is 16.1 Å². The molecular formula is C25H24N2O6S. The lowest BCUT2D eigenvalue weighted by Crippen LogP contribution is -2.52. The Morgan fingerprint density at radius 3 is 2.53 bits per heavy atom. The maximum atomic E-state index is 13.6. The second-order valence-electron chi connectivity index (χ2n) is 8.12. The molecule has 0 bridgehead atoms. The molecule has 3 aromatic carbocycles. The third-order valence-corrected chi connectivity index (χ3v) is 7.95. The predicted molar refractivity (Wildman–Crippen MR) is 124 cm³/mol. The maximum Gasteiger partial charge on any atom is 0.244 e. The zero-order valence-electron chi connectivity index (χ0n) is 18.6. The summed E-state index contributed by atoms with van der Waals surface area (Å²) in [5.74, 6) is 1.49. The highest BCUT2D eigenvalue weighted by Gasteiger charge is 2.39. The van der Waals surface area contributed by atoms with Gasteiger partial charge in [0, 0.05) is 13.1 Å². The predicted octanol–water partition coefficient (Wildman–Crippen LogP) is 2.86. The van der Waals surface area contributed by atoms with E-state index in [-0.39, 0.29) is 30.7 Å². The Bertz CT molecular complexity index is 1320. The summed E-state index contributed by atoms with van der Waals surface area (Å²) in [7, 11) is -2.42. The largest absolute Gasteiger partial charge is 0.497 e. The standard InChI is InChI=1S/C25H24N2O6S/c1-31-20-7-9-21(10-8-20)34(29,30)27-15-19-5-3-2-4-18(19)13-22(27)25(28)26-14-17-6-11-23-24(12-17)33-16-32-23/h2-12,22H,13-16H2,1H3,(H,26,28)/t22-/m0/s1. The normalized spacial score (nSPS) is 17.1. The first kappa shape index (κ1) is 22.2. The highest BCUT2D eigenvalue weighted by molar-refractivity contribution is 7.89. The van der Waals surface area contributed by atoms with Crippen LogP contribution in [0.2, 0.25) is 0 Å². The average molecular weight is 481 g/mol. The summed E-state index contributed by atoms with van der Waals surface area (Å²) in [6.07, 6.45) is 0.290. The zero-order chi connectivity index (χ0) is 23.7. The summed E-state index contributed by atoms with van der Waals surface area (Å²) in [5, 5.41) is 2.90. The molecule has 0 radical (unpaired) electrons. The summed E-state index contributed by atoms with van der Waals surface area (Å²) >= 11 is 0. The van der Waals surface area contributed by atoms with Crippen LogP contribution >= 0.6 is 0 Å². The van der Waals surface area contributed by atoms with Crippen LogP contribution in [0, 0.1) is 0 Å². The number of fused-ring (bicyclic) bond motifs is 2. The minimum Gasteiger partial charge on any atom is -0.497 e. The molecule has 2 aliphatic rings. The quantitative estimate of drug-likeness (QED) is 0.583. The smallest absolute Gasteiger partial charge is 0.244 e. The number of methoxy groups -OCH3 is 1. The van der Waals surface area contributed by atoms with Crippen molar-refractivity contribution < 1.29 is 27.4 Å². The van der Waals surface area contributed by atoms with Gasteiger partial charge in [0.1, 0.15) is 11.8 Å². The van der Waals surface area contributed by atoms with Gasteiger partial charge >= 0.3 is 0 Å². The molecule has 0 fully saturated rings. The Kier molecular flexibility index (Phi) is 5.89. The van der Waals surface area contributed by atoms with Gasteiger partial charge in [0.05, 0.1) is 12.0 Å². The highest BCUT2D eigenvalue weighted by atomic mass is 32.2. The van der Waals surface area contributed by atoms with Crippen molar-refractivity contribution in [2.75, 3.05) is 13.9 Å². The first-order chi connectivity index (χ1) is 16.5. The molecule has 0 saturated carbocycles. The Labute approximate surface area is 198 Å². The number of sulfonamides is 1. The molecule has 8 nitrogen and oxygen atoms in total. The molecule has 9 heteroatoms. The Morgan fingerprint density at radius 2 is 1.76 bits per heavy atom. The van der Waals surface area contributed by atoms with Crippen LogP contribution in [0.4, 0.5) is 0 Å². The number of ether oxygens (including phenoxy) is 3. The lowest BCUT2D eigenvalue weighted by Gasteiger charge is -2.35. The van der Waals surface area contributed by atoms with Gasteiger partial charge in [-0.1, -0.05) is 30.3 Å². The van der Waals surface area contributed by atoms with Gasteiger partial charge in [-0.3, -0.25) is 4.79 Å². The molecule has 1 atom stereocenters. The Balaban J connectivity index is 1.41. The van der Waals surface area contributed by atoms with E-state index in [0.29, 0.717) is 23.7 Å². The number of amides is 1. The number of carbonyl (C=O) groups is 1. The van der Waals surface area contributed by atoms with Gasteiger partial charge in [-0.15, -0.1) is 0 Å². The molecule has 5 rings (SSSR count). The minimum atomic E-state index is -3.93. The molecule has 176 valence electrons. The molecule has 0 saturated heterocycles. The second-order valence-corrected chi connectivity index (χ2v) is 10.0. The molecule has 0 spiro atoms. The molecular weight excluding hydrogens is 456 g/mol. The van der Waals surface area contributed by atoms with E-state index in [0.717, 1.165) is 16.7 Å². The highest BCUT2D eigenvalue weighted by Crippen LogP contribution is 2.33. The molecule has 3 aromatic rings. The summed E-state index contributed by atoms with van der Waals surface area (Å²) < 4.78 is 44.3. The fraction of sp³-hybridized carbons (Fsp3) is 0.240. The van der Waals surface area contributed by atoms with Crippen molar-refractivity contribution >= 4 is 15.9 Å². The first-order valence-corrected chi connectivity index (χ1v) is 12.3. The molecule has 0 unspecified atom stereocenters. The van der Waals surface area contributed by atoms with Crippen molar-refractivity contribution in [3.63, 3.8) is 0 Å². The van der Waals surface area contributed by atoms with Crippen molar-refractivity contribution in [1.82, 2.24) is 9.62 Å². The number of nitrogens with zero attached hydrogens (tertiary/aromatic N) is 1. The van der Waals surface area contributed by atoms with Crippen molar-refractivity contribution in [2.24, 2.45) is 0 Å². The monoisotopic (exact) mass is 480 g/mol. The summed E-state index contributed by atoms with van der Waals surface area (Å²) in [4.78, 5) is 13.4. The fourth-order valence-corrected chi connectivity index (χ4v) is 5.78. The SMILES string of the molecule is COc1ccc(S(=O)(=O)N2Cc3ccccc3C[C@H]2C(=O)NCc2ccc3c(c2)OCO3)cc1. The van der Waals surface area contributed by atoms with Gasteiger partial charge in [-0.05, 0) is 59.5 Å². The number of rotatable bonds is 6. The van der Waals surface area contributed by atoms with E-state index >= 15 is 0 Å². The van der Waals surface area contributed by atoms with Crippen LogP contribution in [0.15, 0.2) is 71.6 Å². The average Bonchev–Trinajstić information content (AvgIpc) is 3.34. The summed E-state index contributed by atoms with van der Waals surface area (Å²) in [5.41, 5.74) is 2.68. The van der Waals surface area contributed by atoms with Crippen LogP contribution in [0.5, 0.6) is 17.2 Å². The number of hydrogen-bond acceptors (Lipinski definition) is 6. The maximum absolute atomic E-state index is 13.6. The summed E-state index contributed by atoms with van der Waals surface area (Å²) in [6.45, 7) is 0.529. The van der Waals surface area contributed by atoms with E-state index in [1.165, 1.54) is 23.5 Å². The van der Waals surface area contributed by atoms with Crippen LogP contribution in [0.1, 0.15) is 16.7 Å². The van der Waals surface area contributed by atoms with E-state index in [1.54, 1.807) is 18.2 Å². The zero-order valence-corrected chi connectivity index (χ0v) is 19.4. The van der Waals surface area contributed by atoms with Gasteiger partial charge in [0.2, 0.25) is 22.7 Å². The van der Waals surface area contributed by atoms with Crippen molar-refractivity contribution in [1.29, 1.82) is 0 Å². The van der Waals surface area contributed by atoms with Crippen LogP contribution in [-0.2, 0) is 34.3 Å². The van der Waals surface area contributed by atoms with E-state index in [9.17, 15) is 13.2 Å². The molecule has 0 aliphatic carbocycles. The van der Waals surface area contributed by atoms with E-state index in [4.69, 9.17) is 14.2 Å². The lowest BCUT2D eigenvalue weighted by molar-refractivity contribution is -0.125. The number of hydrogen-bond donors (Lipinski definition) is 1. The second kappa shape index (κ2) is 9.00. The number of benzene rings is 3. The van der Waals surface area contributed by atoms with Gasteiger partial charge in [-0.2, -0.15) is 4.31 Å². The number of nitrogens with one attached hydrogen (secondary N) is 1. The topological polar surface area (TPSA) is 94.2 Å². The molecule has 2 heterocycles. The first-order valence-electron chi connectivity index (χ1n) is 10.8. The van der Waals surface area contributed by atoms with Crippen LogP contribution < -0.4 is 19.5 Å². The van der Waals surface area contributed by atoms with Gasteiger partial charge in [-0.25, -0.2) is 8.42 Å². The molecule has 1 N–H and O–H groups in total. The van der Waals surface area contributed by atoms with Gasteiger partial charge < -0.3 is 19.5 Å². The molecule has 34 heavy (non-hydrogen) atoms. The van der Waals surface area contributed by atoms with E-state index in [1.807, 2.05) is 36.4 Å². The van der Waals surface area contributed by atoms with Gasteiger partial charge in [0.15, 0.2) is 11.5 Å². The summed E-state index contributed by atoms with van der Waals surface area (Å²) in [6, 6.07) is 18.4. The van der Waals surface area contributed by atoms with Crippen molar-refractivity contribution in [3.05, 3.63) is 83.4 Å². The fourth-order valence-electron chi connectivity index (χ4n) is 4.22. The Hall–Kier alpha value is -3.56. The van der Waals surface area contributed by atoms with Crippen LogP contribution in [0.25, 0.3) is 0 Å². The van der Waals surface area contributed by atoms with E-state index in [2.05, 4.69) is 5.32 Å².